The van der Waals surface area contributed by atoms with Crippen molar-refractivity contribution in [2.75, 3.05) is 0 Å². The van der Waals surface area contributed by atoms with E-state index >= 15 is 0 Å². The van der Waals surface area contributed by atoms with Crippen LogP contribution in [0.15, 0.2) is 33.6 Å². The number of aromatic nitrogens is 2. The van der Waals surface area contributed by atoms with Gasteiger partial charge in [-0.3, -0.25) is 0 Å². The summed E-state index contributed by atoms with van der Waals surface area (Å²) in [6.45, 7) is 0. The van der Waals surface area contributed by atoms with Gasteiger partial charge in [0.25, 0.3) is 4.80 Å². The molecule has 0 saturated carbocycles. The van der Waals surface area contributed by atoms with Gasteiger partial charge < -0.3 is 4.52 Å². The summed E-state index contributed by atoms with van der Waals surface area (Å²) in [5, 5.41) is 4.43. The number of rotatable bonds is 1. The van der Waals surface area contributed by atoms with Crippen molar-refractivity contribution in [3.63, 3.8) is 0 Å². The van der Waals surface area contributed by atoms with E-state index in [4.69, 9.17) is 16.1 Å². The van der Waals surface area contributed by atoms with Crippen LogP contribution in [0.2, 0.25) is 5.02 Å². The Bertz CT molecular complexity index is 412. The van der Waals surface area contributed by atoms with Crippen LogP contribution >= 0.6 is 27.5 Å². The molecule has 0 atom stereocenters. The quantitative estimate of drug-likeness (QED) is 0.790. The Hall–Kier alpha value is -0.870. The Morgan fingerprint density at radius 2 is 1.92 bits per heavy atom. The van der Waals surface area contributed by atoms with Crippen molar-refractivity contribution in [1.82, 2.24) is 10.1 Å². The number of hydrogen-bond acceptors (Lipinski definition) is 3. The summed E-state index contributed by atoms with van der Waals surface area (Å²) in [7, 11) is 0. The van der Waals surface area contributed by atoms with Gasteiger partial charge in [0, 0.05) is 26.5 Å². The largest absolute Gasteiger partial charge is 0.326 e. The van der Waals surface area contributed by atoms with Gasteiger partial charge >= 0.3 is 0 Å². The van der Waals surface area contributed by atoms with E-state index in [1.165, 1.54) is 0 Å². The average molecular weight is 259 g/mol. The highest BCUT2D eigenvalue weighted by Gasteiger charge is 2.05. The highest BCUT2D eigenvalue weighted by Crippen LogP contribution is 2.19. The molecule has 0 unspecified atom stereocenters. The molecule has 5 heteroatoms. The van der Waals surface area contributed by atoms with Crippen molar-refractivity contribution < 1.29 is 4.52 Å². The molecule has 0 amide bonds. The minimum absolute atomic E-state index is 0.373. The lowest BCUT2D eigenvalue weighted by atomic mass is 10.2. The second-order valence-electron chi connectivity index (χ2n) is 2.38. The van der Waals surface area contributed by atoms with Crippen LogP contribution in [0.4, 0.5) is 0 Å². The summed E-state index contributed by atoms with van der Waals surface area (Å²) in [4.78, 5) is 4.38. The molecule has 66 valence electrons. The summed E-state index contributed by atoms with van der Waals surface area (Å²) >= 11 is 8.81. The van der Waals surface area contributed by atoms with Gasteiger partial charge in [0.2, 0.25) is 5.82 Å². The third kappa shape index (κ3) is 1.89. The van der Waals surface area contributed by atoms with Crippen LogP contribution in [0.25, 0.3) is 11.4 Å². The molecule has 3 nitrogen and oxygen atoms in total. The molecular formula is C8H4BrClN2O. The fourth-order valence-electron chi connectivity index (χ4n) is 0.921. The van der Waals surface area contributed by atoms with Gasteiger partial charge in [-0.1, -0.05) is 16.8 Å². The van der Waals surface area contributed by atoms with E-state index in [1.54, 1.807) is 12.1 Å². The van der Waals surface area contributed by atoms with E-state index in [0.29, 0.717) is 15.6 Å². The van der Waals surface area contributed by atoms with E-state index in [9.17, 15) is 0 Å². The van der Waals surface area contributed by atoms with E-state index in [1.807, 2.05) is 12.1 Å². The Kier molecular flexibility index (Phi) is 2.33. The van der Waals surface area contributed by atoms with Crippen molar-refractivity contribution in [2.45, 2.75) is 0 Å². The first-order valence-electron chi connectivity index (χ1n) is 3.51. The van der Waals surface area contributed by atoms with E-state index < -0.39 is 0 Å². The number of halogens is 2. The summed E-state index contributed by atoms with van der Waals surface area (Å²) in [5.41, 5.74) is 0.874. The predicted octanol–water partition coefficient (Wildman–Crippen LogP) is 3.15. The Balaban J connectivity index is 2.41. The van der Waals surface area contributed by atoms with E-state index in [0.717, 1.165) is 5.56 Å². The maximum Gasteiger partial charge on any atom is 0.294 e. The van der Waals surface area contributed by atoms with Crippen molar-refractivity contribution in [3.8, 4) is 11.4 Å². The van der Waals surface area contributed by atoms with Crippen LogP contribution in [0.5, 0.6) is 0 Å². The van der Waals surface area contributed by atoms with Gasteiger partial charge in [-0.05, 0) is 24.3 Å². The predicted molar refractivity (Wildman–Crippen MR) is 52.4 cm³/mol. The lowest BCUT2D eigenvalue weighted by Gasteiger charge is -1.92. The van der Waals surface area contributed by atoms with Gasteiger partial charge in [0.15, 0.2) is 0 Å². The Morgan fingerprint density at radius 1 is 1.23 bits per heavy atom. The first-order chi connectivity index (χ1) is 6.25. The van der Waals surface area contributed by atoms with Gasteiger partial charge in [-0.15, -0.1) is 0 Å². The molecule has 2 rings (SSSR count). The van der Waals surface area contributed by atoms with Crippen LogP contribution < -0.4 is 0 Å². The molecule has 0 N–H and O–H groups in total. The average Bonchev–Trinajstić information content (AvgIpc) is 2.53. The first kappa shape index (κ1) is 8.72. The van der Waals surface area contributed by atoms with Gasteiger partial charge in [0.1, 0.15) is 0 Å². The zero-order chi connectivity index (χ0) is 9.26. The fourth-order valence-corrected chi connectivity index (χ4v) is 1.29. The molecule has 0 aliphatic carbocycles. The van der Waals surface area contributed by atoms with Gasteiger partial charge in [-0.25, -0.2) is 0 Å². The molecule has 0 bridgehead atoms. The number of nitrogens with zero attached hydrogens (tertiary/aromatic N) is 2. The van der Waals surface area contributed by atoms with Gasteiger partial charge in [-0.2, -0.15) is 4.98 Å². The summed E-state index contributed by atoms with van der Waals surface area (Å²) in [6.07, 6.45) is 0. The molecule has 0 radical (unpaired) electrons. The van der Waals surface area contributed by atoms with Crippen LogP contribution in [0.3, 0.4) is 0 Å². The number of hydrogen-bond donors (Lipinski definition) is 0. The maximum absolute atomic E-state index is 5.73. The highest BCUT2D eigenvalue weighted by atomic mass is 79.9. The lowest BCUT2D eigenvalue weighted by molar-refractivity contribution is 0.397. The normalized spacial score (nSPS) is 10.3. The molecule has 0 fully saturated rings. The maximum atomic E-state index is 5.73. The lowest BCUT2D eigenvalue weighted by Crippen LogP contribution is -1.78. The topological polar surface area (TPSA) is 38.9 Å². The van der Waals surface area contributed by atoms with Crippen molar-refractivity contribution >= 4 is 27.5 Å². The highest BCUT2D eigenvalue weighted by molar-refractivity contribution is 9.10. The van der Waals surface area contributed by atoms with E-state index in [2.05, 4.69) is 26.1 Å². The zero-order valence-electron chi connectivity index (χ0n) is 6.37. The minimum atomic E-state index is 0.373. The van der Waals surface area contributed by atoms with Crippen LogP contribution in [0, 0.1) is 0 Å². The van der Waals surface area contributed by atoms with E-state index in [-0.39, 0.29) is 0 Å². The first-order valence-corrected chi connectivity index (χ1v) is 4.68. The summed E-state index contributed by atoms with van der Waals surface area (Å²) in [5.74, 6) is 0.545. The molecule has 13 heavy (non-hydrogen) atoms. The zero-order valence-corrected chi connectivity index (χ0v) is 8.71. The molecule has 0 aliphatic heterocycles. The standard InChI is InChI=1S/C8H4BrClN2O/c9-8-11-7(12-13-8)5-1-3-6(10)4-2-5/h1-4H. The summed E-state index contributed by atoms with van der Waals surface area (Å²) < 4.78 is 4.77. The number of benzene rings is 1. The second-order valence-corrected chi connectivity index (χ2v) is 3.49. The molecular weight excluding hydrogens is 255 g/mol. The Labute approximate surface area is 87.8 Å². The molecule has 1 aromatic heterocycles. The molecule has 1 aromatic carbocycles. The molecule has 1 heterocycles. The van der Waals surface area contributed by atoms with Crippen LogP contribution in [-0.2, 0) is 0 Å². The molecule has 2 aromatic rings. The Morgan fingerprint density at radius 3 is 2.46 bits per heavy atom. The van der Waals surface area contributed by atoms with Crippen molar-refractivity contribution in [1.29, 1.82) is 0 Å². The SMILES string of the molecule is Clc1ccc(-c2noc(Br)n2)cc1. The van der Waals surface area contributed by atoms with Crippen LogP contribution in [-0.4, -0.2) is 10.1 Å². The minimum Gasteiger partial charge on any atom is -0.326 e. The third-order valence-corrected chi connectivity index (χ3v) is 2.08. The van der Waals surface area contributed by atoms with Crippen molar-refractivity contribution in [2.24, 2.45) is 0 Å². The summed E-state index contributed by atoms with van der Waals surface area (Å²) in [6, 6.07) is 7.22. The second kappa shape index (κ2) is 3.47. The smallest absolute Gasteiger partial charge is 0.294 e. The van der Waals surface area contributed by atoms with Gasteiger partial charge in [0.05, 0.1) is 0 Å². The fraction of sp³-hybridized carbons (Fsp3) is 0. The molecule has 0 saturated heterocycles. The molecule has 0 aliphatic rings. The third-order valence-electron chi connectivity index (χ3n) is 1.50. The molecule has 0 spiro atoms. The van der Waals surface area contributed by atoms with Crippen molar-refractivity contribution in [3.05, 3.63) is 34.1 Å². The monoisotopic (exact) mass is 258 g/mol. The van der Waals surface area contributed by atoms with Crippen LogP contribution in [0.1, 0.15) is 0 Å².